The third-order valence-corrected chi connectivity index (χ3v) is 7.45. The maximum Gasteiger partial charge on any atom is 0.355 e. The van der Waals surface area contributed by atoms with Gasteiger partial charge >= 0.3 is 5.97 Å². The highest BCUT2D eigenvalue weighted by atomic mass is 16.5. The van der Waals surface area contributed by atoms with Crippen LogP contribution in [0.5, 0.6) is 0 Å². The van der Waals surface area contributed by atoms with Gasteiger partial charge in [-0.3, -0.25) is 14.5 Å². The molecule has 0 saturated carbocycles. The van der Waals surface area contributed by atoms with Crippen LogP contribution in [-0.4, -0.2) is 103 Å². The van der Waals surface area contributed by atoms with Crippen LogP contribution in [0.3, 0.4) is 0 Å². The number of carbonyl (C=O) groups excluding carboxylic acids is 3. The summed E-state index contributed by atoms with van der Waals surface area (Å²) in [5, 5.41) is 3.10. The van der Waals surface area contributed by atoms with Crippen LogP contribution in [0.2, 0.25) is 0 Å². The van der Waals surface area contributed by atoms with Crippen molar-refractivity contribution < 1.29 is 19.1 Å². The quantitative estimate of drug-likeness (QED) is 0.486. The average molecular weight is 490 g/mol. The van der Waals surface area contributed by atoms with Crippen molar-refractivity contribution in [1.29, 1.82) is 0 Å². The van der Waals surface area contributed by atoms with Crippen molar-refractivity contribution >= 4 is 17.8 Å². The summed E-state index contributed by atoms with van der Waals surface area (Å²) < 4.78 is 5.12. The minimum atomic E-state index is -0.362. The number of piperidine rings is 1. The van der Waals surface area contributed by atoms with Crippen molar-refractivity contribution in [2.45, 2.75) is 53.4 Å². The van der Waals surface area contributed by atoms with E-state index in [-0.39, 0.29) is 23.7 Å². The fraction of sp³-hybridized carbons (Fsp3) is 0.731. The van der Waals surface area contributed by atoms with E-state index in [0.717, 1.165) is 68.9 Å². The monoisotopic (exact) mass is 489 g/mol. The molecule has 3 rings (SSSR count). The van der Waals surface area contributed by atoms with E-state index in [1.54, 1.807) is 6.92 Å². The Morgan fingerprint density at radius 3 is 2.46 bits per heavy atom. The second kappa shape index (κ2) is 13.1. The fourth-order valence-corrected chi connectivity index (χ4v) is 5.19. The number of hydrogen-bond donors (Lipinski definition) is 2. The van der Waals surface area contributed by atoms with Crippen LogP contribution in [-0.2, 0) is 20.7 Å². The standard InChI is InChI=1S/C26H43N5O4/c1-5-29-14-16-30(17-15-29)13-11-27-25(33)21-8-7-12-31(18-21)23(32)10-9-22-19(3)24(28-20(22)4)26(34)35-6-2/h21,28H,5-18H2,1-4H3,(H,27,33). The second-order valence-corrected chi connectivity index (χ2v) is 9.69. The number of likely N-dealkylation sites (N-methyl/N-ethyl adjacent to an activating group) is 1. The number of piperazine rings is 1. The van der Waals surface area contributed by atoms with Crippen LogP contribution in [0.1, 0.15) is 60.4 Å². The first-order valence-electron chi connectivity index (χ1n) is 13.2. The summed E-state index contributed by atoms with van der Waals surface area (Å²) in [5.41, 5.74) is 3.20. The Kier molecular flexibility index (Phi) is 10.2. The molecule has 0 radical (unpaired) electrons. The van der Waals surface area contributed by atoms with Crippen LogP contribution in [0.25, 0.3) is 0 Å². The molecule has 2 aliphatic rings. The molecule has 1 aromatic heterocycles. The third-order valence-electron chi connectivity index (χ3n) is 7.45. The van der Waals surface area contributed by atoms with Gasteiger partial charge in [0.1, 0.15) is 5.69 Å². The zero-order valence-corrected chi connectivity index (χ0v) is 22.0. The molecule has 9 heteroatoms. The summed E-state index contributed by atoms with van der Waals surface area (Å²) in [7, 11) is 0. The second-order valence-electron chi connectivity index (χ2n) is 9.69. The van der Waals surface area contributed by atoms with Crippen molar-refractivity contribution in [3.05, 3.63) is 22.5 Å². The Morgan fingerprint density at radius 2 is 1.77 bits per heavy atom. The Morgan fingerprint density at radius 1 is 1.06 bits per heavy atom. The number of aromatic nitrogens is 1. The van der Waals surface area contributed by atoms with Crippen LogP contribution >= 0.6 is 0 Å². The summed E-state index contributed by atoms with van der Waals surface area (Å²) >= 11 is 0. The third kappa shape index (κ3) is 7.30. The number of rotatable bonds is 10. The SMILES string of the molecule is CCOC(=O)c1[nH]c(C)c(CCC(=O)N2CCCC(C(=O)NCCN3CCN(CC)CC3)C2)c1C. The normalized spacial score (nSPS) is 19.5. The minimum absolute atomic E-state index is 0.0612. The summed E-state index contributed by atoms with van der Waals surface area (Å²) in [6, 6.07) is 0. The molecule has 1 unspecified atom stereocenters. The predicted octanol–water partition coefficient (Wildman–Crippen LogP) is 1.73. The Labute approximate surface area is 209 Å². The van der Waals surface area contributed by atoms with Gasteiger partial charge < -0.3 is 24.8 Å². The van der Waals surface area contributed by atoms with E-state index in [0.29, 0.717) is 44.8 Å². The van der Waals surface area contributed by atoms with Gasteiger partial charge in [-0.1, -0.05) is 6.92 Å². The molecule has 196 valence electrons. The van der Waals surface area contributed by atoms with E-state index in [1.165, 1.54) is 0 Å². The first-order valence-corrected chi connectivity index (χ1v) is 13.2. The number of ether oxygens (including phenoxy) is 1. The molecule has 0 spiro atoms. The molecule has 2 N–H and O–H groups in total. The lowest BCUT2D eigenvalue weighted by Gasteiger charge is -2.34. The van der Waals surface area contributed by atoms with E-state index >= 15 is 0 Å². The maximum atomic E-state index is 13.0. The topological polar surface area (TPSA) is 98.0 Å². The van der Waals surface area contributed by atoms with Gasteiger partial charge in [0.25, 0.3) is 0 Å². The van der Waals surface area contributed by atoms with Gasteiger partial charge in [0.05, 0.1) is 12.5 Å². The van der Waals surface area contributed by atoms with Crippen LogP contribution in [0, 0.1) is 19.8 Å². The Hall–Kier alpha value is -2.39. The number of aryl methyl sites for hydroxylation is 1. The Bertz CT molecular complexity index is 875. The smallest absolute Gasteiger partial charge is 0.355 e. The molecule has 3 heterocycles. The van der Waals surface area contributed by atoms with Crippen molar-refractivity contribution in [1.82, 2.24) is 25.0 Å². The van der Waals surface area contributed by atoms with E-state index in [1.807, 2.05) is 18.7 Å². The fourth-order valence-electron chi connectivity index (χ4n) is 5.19. The van der Waals surface area contributed by atoms with Crippen molar-refractivity contribution in [3.8, 4) is 0 Å². The lowest BCUT2D eigenvalue weighted by atomic mass is 9.96. The minimum Gasteiger partial charge on any atom is -0.461 e. The molecule has 1 atom stereocenters. The molecule has 0 aromatic carbocycles. The van der Waals surface area contributed by atoms with Gasteiger partial charge in [0, 0.05) is 64.5 Å². The van der Waals surface area contributed by atoms with Gasteiger partial charge in [-0.05, 0) is 57.7 Å². The molecule has 2 aliphatic heterocycles. The zero-order chi connectivity index (χ0) is 25.4. The zero-order valence-electron chi connectivity index (χ0n) is 22.0. The summed E-state index contributed by atoms with van der Waals surface area (Å²) in [6.45, 7) is 16.2. The van der Waals surface area contributed by atoms with Gasteiger partial charge in [0.2, 0.25) is 11.8 Å². The van der Waals surface area contributed by atoms with Crippen molar-refractivity contribution in [2.75, 3.05) is 65.5 Å². The molecule has 0 bridgehead atoms. The Balaban J connectivity index is 1.43. The first-order chi connectivity index (χ1) is 16.8. The number of esters is 1. The van der Waals surface area contributed by atoms with Crippen LogP contribution < -0.4 is 5.32 Å². The largest absolute Gasteiger partial charge is 0.461 e. The van der Waals surface area contributed by atoms with Gasteiger partial charge in [-0.25, -0.2) is 4.79 Å². The van der Waals surface area contributed by atoms with Gasteiger partial charge in [-0.2, -0.15) is 0 Å². The molecule has 1 aromatic rings. The number of amides is 2. The van der Waals surface area contributed by atoms with Gasteiger partial charge in [-0.15, -0.1) is 0 Å². The van der Waals surface area contributed by atoms with Crippen molar-refractivity contribution in [2.24, 2.45) is 5.92 Å². The summed E-state index contributed by atoms with van der Waals surface area (Å²) in [6.07, 6.45) is 2.59. The molecule has 2 saturated heterocycles. The van der Waals surface area contributed by atoms with Crippen molar-refractivity contribution in [3.63, 3.8) is 0 Å². The molecular weight excluding hydrogens is 446 g/mol. The lowest BCUT2D eigenvalue weighted by molar-refractivity contribution is -0.135. The molecule has 2 amide bonds. The molecule has 35 heavy (non-hydrogen) atoms. The summed E-state index contributed by atoms with van der Waals surface area (Å²) in [5.74, 6) is -0.380. The van der Waals surface area contributed by atoms with Crippen LogP contribution in [0.15, 0.2) is 0 Å². The average Bonchev–Trinajstić information content (AvgIpc) is 3.16. The highest BCUT2D eigenvalue weighted by Gasteiger charge is 2.29. The number of nitrogens with zero attached hydrogens (tertiary/aromatic N) is 3. The highest BCUT2D eigenvalue weighted by Crippen LogP contribution is 2.22. The molecule has 2 fully saturated rings. The number of hydrogen-bond acceptors (Lipinski definition) is 6. The maximum absolute atomic E-state index is 13.0. The van der Waals surface area contributed by atoms with E-state index in [4.69, 9.17) is 4.74 Å². The lowest BCUT2D eigenvalue weighted by Crippen LogP contribution is -2.49. The van der Waals surface area contributed by atoms with E-state index in [2.05, 4.69) is 27.0 Å². The molecule has 9 nitrogen and oxygen atoms in total. The predicted molar refractivity (Wildman–Crippen MR) is 135 cm³/mol. The number of H-pyrrole nitrogens is 1. The number of aromatic amines is 1. The highest BCUT2D eigenvalue weighted by molar-refractivity contribution is 5.90. The van der Waals surface area contributed by atoms with Gasteiger partial charge in [0.15, 0.2) is 0 Å². The summed E-state index contributed by atoms with van der Waals surface area (Å²) in [4.78, 5) is 47.7. The van der Waals surface area contributed by atoms with E-state index < -0.39 is 0 Å². The first kappa shape index (κ1) is 27.2. The molecular formula is C26H43N5O4. The number of nitrogens with one attached hydrogen (secondary N) is 2. The number of likely N-dealkylation sites (tertiary alicyclic amines) is 1. The molecule has 0 aliphatic carbocycles. The van der Waals surface area contributed by atoms with E-state index in [9.17, 15) is 14.4 Å². The number of carbonyl (C=O) groups is 3. The van der Waals surface area contributed by atoms with Crippen LogP contribution in [0.4, 0.5) is 0 Å².